The van der Waals surface area contributed by atoms with Crippen LogP contribution in [0.15, 0.2) is 81.4 Å². The third kappa shape index (κ3) is 3.92. The molecule has 2 aromatic carbocycles. The van der Waals surface area contributed by atoms with E-state index in [4.69, 9.17) is 4.42 Å². The number of hydrogen-bond donors (Lipinski definition) is 0. The normalized spacial score (nSPS) is 12.0. The molecular formula is C18H15BrN2OS. The van der Waals surface area contributed by atoms with Crippen molar-refractivity contribution in [2.24, 2.45) is 0 Å². The Morgan fingerprint density at radius 2 is 1.83 bits per heavy atom. The van der Waals surface area contributed by atoms with Crippen molar-refractivity contribution in [3.63, 3.8) is 0 Å². The molecule has 5 heteroatoms. The molecule has 0 amide bonds. The smallest absolute Gasteiger partial charge is 0.277 e. The van der Waals surface area contributed by atoms with E-state index in [1.165, 1.54) is 5.56 Å². The predicted molar refractivity (Wildman–Crippen MR) is 97.3 cm³/mol. The van der Waals surface area contributed by atoms with E-state index in [1.807, 2.05) is 48.5 Å². The number of allylic oxidation sites excluding steroid dienone is 1. The van der Waals surface area contributed by atoms with Crippen LogP contribution in [0.3, 0.4) is 0 Å². The Bertz CT molecular complexity index is 788. The summed E-state index contributed by atoms with van der Waals surface area (Å²) in [4.78, 5) is 0. The van der Waals surface area contributed by atoms with Crippen molar-refractivity contribution in [1.29, 1.82) is 0 Å². The minimum Gasteiger partial charge on any atom is -0.411 e. The average Bonchev–Trinajstić information content (AvgIpc) is 3.04. The van der Waals surface area contributed by atoms with E-state index in [0.29, 0.717) is 11.1 Å². The molecular weight excluding hydrogens is 372 g/mol. The minimum absolute atomic E-state index is 0.209. The van der Waals surface area contributed by atoms with Crippen molar-refractivity contribution in [2.45, 2.75) is 16.9 Å². The second-order valence-electron chi connectivity index (χ2n) is 4.89. The summed E-state index contributed by atoms with van der Waals surface area (Å²) in [6.07, 6.45) is 2.75. The lowest BCUT2D eigenvalue weighted by molar-refractivity contribution is 0.464. The van der Waals surface area contributed by atoms with E-state index in [0.717, 1.165) is 16.5 Å². The Morgan fingerprint density at radius 3 is 2.57 bits per heavy atom. The summed E-state index contributed by atoms with van der Waals surface area (Å²) >= 11 is 5.07. The molecule has 0 N–H and O–H groups in total. The maximum absolute atomic E-state index is 5.83. The first kappa shape index (κ1) is 16.0. The van der Waals surface area contributed by atoms with Gasteiger partial charge < -0.3 is 4.42 Å². The molecule has 0 bridgehead atoms. The Morgan fingerprint density at radius 1 is 1.09 bits per heavy atom. The van der Waals surface area contributed by atoms with Crippen LogP contribution < -0.4 is 0 Å². The quantitative estimate of drug-likeness (QED) is 0.389. The van der Waals surface area contributed by atoms with Gasteiger partial charge >= 0.3 is 0 Å². The van der Waals surface area contributed by atoms with Gasteiger partial charge in [0.1, 0.15) is 0 Å². The summed E-state index contributed by atoms with van der Waals surface area (Å²) in [5.74, 6) is 0.519. The summed E-state index contributed by atoms with van der Waals surface area (Å²) in [7, 11) is 0. The molecule has 3 aromatic rings. The number of aromatic nitrogens is 2. The molecule has 116 valence electrons. The largest absolute Gasteiger partial charge is 0.411 e. The standard InChI is InChI=1S/C18H15BrN2OS/c1-2-8-16(13-9-4-3-5-10-13)23-18-21-20-17(22-18)14-11-6-7-12-15(14)19/h2-7,9-12,16H,1,8H2. The molecule has 1 atom stereocenters. The van der Waals surface area contributed by atoms with Crippen molar-refractivity contribution in [1.82, 2.24) is 10.2 Å². The zero-order valence-electron chi connectivity index (χ0n) is 12.4. The van der Waals surface area contributed by atoms with Crippen LogP contribution in [0.5, 0.6) is 0 Å². The van der Waals surface area contributed by atoms with E-state index in [2.05, 4.69) is 44.8 Å². The number of nitrogens with zero attached hydrogens (tertiary/aromatic N) is 2. The molecule has 1 aromatic heterocycles. The Kier molecular flexibility index (Phi) is 5.31. The molecule has 1 heterocycles. The molecule has 0 saturated heterocycles. The molecule has 23 heavy (non-hydrogen) atoms. The van der Waals surface area contributed by atoms with Gasteiger partial charge in [0.25, 0.3) is 5.22 Å². The Hall–Kier alpha value is -1.85. The van der Waals surface area contributed by atoms with Gasteiger partial charge in [0.15, 0.2) is 0 Å². The average molecular weight is 387 g/mol. The summed E-state index contributed by atoms with van der Waals surface area (Å²) < 4.78 is 6.76. The van der Waals surface area contributed by atoms with Crippen molar-refractivity contribution in [2.75, 3.05) is 0 Å². The number of thioether (sulfide) groups is 1. The van der Waals surface area contributed by atoms with E-state index in [1.54, 1.807) is 11.8 Å². The van der Waals surface area contributed by atoms with E-state index in [-0.39, 0.29) is 5.25 Å². The van der Waals surface area contributed by atoms with Crippen LogP contribution in [0.2, 0.25) is 0 Å². The van der Waals surface area contributed by atoms with Crippen molar-refractivity contribution in [3.8, 4) is 11.5 Å². The second-order valence-corrected chi connectivity index (χ2v) is 6.90. The van der Waals surface area contributed by atoms with Gasteiger partial charge in [-0.15, -0.1) is 16.8 Å². The van der Waals surface area contributed by atoms with Gasteiger partial charge in [0, 0.05) is 9.72 Å². The number of hydrogen-bond acceptors (Lipinski definition) is 4. The first-order valence-electron chi connectivity index (χ1n) is 7.19. The van der Waals surface area contributed by atoms with Crippen LogP contribution in [-0.2, 0) is 0 Å². The van der Waals surface area contributed by atoms with Gasteiger partial charge in [-0.3, -0.25) is 0 Å². The van der Waals surface area contributed by atoms with Crippen LogP contribution in [0.1, 0.15) is 17.2 Å². The topological polar surface area (TPSA) is 38.9 Å². The lowest BCUT2D eigenvalue weighted by atomic mass is 10.1. The summed E-state index contributed by atoms with van der Waals surface area (Å²) in [6, 6.07) is 18.1. The lowest BCUT2D eigenvalue weighted by Crippen LogP contribution is -1.92. The molecule has 0 spiro atoms. The van der Waals surface area contributed by atoms with E-state index in [9.17, 15) is 0 Å². The first-order chi connectivity index (χ1) is 11.3. The number of halogens is 1. The molecule has 0 aliphatic carbocycles. The van der Waals surface area contributed by atoms with Crippen LogP contribution in [0.25, 0.3) is 11.5 Å². The summed E-state index contributed by atoms with van der Waals surface area (Å²) in [6.45, 7) is 3.85. The van der Waals surface area contributed by atoms with Gasteiger partial charge in [-0.1, -0.05) is 60.3 Å². The van der Waals surface area contributed by atoms with Gasteiger partial charge in [-0.25, -0.2) is 0 Å². The fraction of sp³-hybridized carbons (Fsp3) is 0.111. The first-order valence-corrected chi connectivity index (χ1v) is 8.86. The summed E-state index contributed by atoms with van der Waals surface area (Å²) in [5.41, 5.74) is 2.12. The fourth-order valence-corrected chi connectivity index (χ4v) is 3.63. The Balaban J connectivity index is 1.82. The zero-order chi connectivity index (χ0) is 16.1. The van der Waals surface area contributed by atoms with Crippen LogP contribution in [0, 0.1) is 0 Å². The van der Waals surface area contributed by atoms with E-state index >= 15 is 0 Å². The third-order valence-electron chi connectivity index (χ3n) is 3.31. The molecule has 0 aliphatic rings. The highest BCUT2D eigenvalue weighted by atomic mass is 79.9. The van der Waals surface area contributed by atoms with Gasteiger partial charge in [-0.2, -0.15) is 0 Å². The maximum atomic E-state index is 5.83. The molecule has 3 rings (SSSR count). The third-order valence-corrected chi connectivity index (χ3v) is 5.11. The van der Waals surface area contributed by atoms with Crippen LogP contribution in [0.4, 0.5) is 0 Å². The molecule has 0 saturated carbocycles. The van der Waals surface area contributed by atoms with Gasteiger partial charge in [0.2, 0.25) is 5.89 Å². The van der Waals surface area contributed by atoms with E-state index < -0.39 is 0 Å². The number of benzene rings is 2. The van der Waals surface area contributed by atoms with Crippen LogP contribution >= 0.6 is 27.7 Å². The summed E-state index contributed by atoms with van der Waals surface area (Å²) in [5, 5.41) is 9.10. The van der Waals surface area contributed by atoms with Gasteiger partial charge in [-0.05, 0) is 40.0 Å². The predicted octanol–water partition coefficient (Wildman–Crippen LogP) is 5.91. The van der Waals surface area contributed by atoms with Gasteiger partial charge in [0.05, 0.1) is 5.56 Å². The fourth-order valence-electron chi connectivity index (χ4n) is 2.19. The highest BCUT2D eigenvalue weighted by Crippen LogP contribution is 2.38. The highest BCUT2D eigenvalue weighted by molar-refractivity contribution is 9.10. The maximum Gasteiger partial charge on any atom is 0.277 e. The highest BCUT2D eigenvalue weighted by Gasteiger charge is 2.17. The Labute approximate surface area is 148 Å². The van der Waals surface area contributed by atoms with Crippen molar-refractivity contribution < 1.29 is 4.42 Å². The molecule has 0 radical (unpaired) electrons. The van der Waals surface area contributed by atoms with Crippen LogP contribution in [-0.4, -0.2) is 10.2 Å². The molecule has 3 nitrogen and oxygen atoms in total. The second kappa shape index (κ2) is 7.62. The molecule has 1 unspecified atom stereocenters. The molecule has 0 aliphatic heterocycles. The lowest BCUT2D eigenvalue weighted by Gasteiger charge is -2.12. The zero-order valence-corrected chi connectivity index (χ0v) is 14.8. The molecule has 0 fully saturated rings. The monoisotopic (exact) mass is 386 g/mol. The SMILES string of the molecule is C=CCC(Sc1nnc(-c2ccccc2Br)o1)c1ccccc1. The van der Waals surface area contributed by atoms with Crippen molar-refractivity contribution >= 4 is 27.7 Å². The van der Waals surface area contributed by atoms with Crippen molar-refractivity contribution in [3.05, 3.63) is 77.3 Å². The minimum atomic E-state index is 0.209. The number of rotatable bonds is 6.